The van der Waals surface area contributed by atoms with Gasteiger partial charge in [-0.25, -0.2) is 4.79 Å². The van der Waals surface area contributed by atoms with Crippen molar-refractivity contribution in [2.24, 2.45) is 0 Å². The van der Waals surface area contributed by atoms with Crippen LogP contribution in [0.5, 0.6) is 5.75 Å². The standard InChI is InChI=1S/C15H20O3/c1-4-11-17-14-8-6-5-7-13(14)9-10-15(16)18-12(2)3/h5-10,12H,4,11H2,1-3H3/b10-9+. The molecule has 0 spiro atoms. The quantitative estimate of drug-likeness (QED) is 0.571. The molecule has 0 radical (unpaired) electrons. The van der Waals surface area contributed by atoms with Gasteiger partial charge in [0.1, 0.15) is 5.75 Å². The van der Waals surface area contributed by atoms with Crippen molar-refractivity contribution in [2.75, 3.05) is 6.61 Å². The second-order valence-corrected chi connectivity index (χ2v) is 4.21. The molecular weight excluding hydrogens is 228 g/mol. The molecule has 0 saturated carbocycles. The molecule has 0 aliphatic heterocycles. The Morgan fingerprint density at radius 2 is 2.06 bits per heavy atom. The van der Waals surface area contributed by atoms with Gasteiger partial charge in [0, 0.05) is 11.6 Å². The Balaban J connectivity index is 2.71. The van der Waals surface area contributed by atoms with E-state index >= 15 is 0 Å². The lowest BCUT2D eigenvalue weighted by Crippen LogP contribution is -2.08. The maximum atomic E-state index is 11.4. The minimum absolute atomic E-state index is 0.103. The predicted molar refractivity (Wildman–Crippen MR) is 72.5 cm³/mol. The van der Waals surface area contributed by atoms with Crippen molar-refractivity contribution in [2.45, 2.75) is 33.3 Å². The highest BCUT2D eigenvalue weighted by molar-refractivity contribution is 5.87. The fourth-order valence-corrected chi connectivity index (χ4v) is 1.39. The molecule has 0 N–H and O–H groups in total. The number of carbonyl (C=O) groups is 1. The Labute approximate surface area is 108 Å². The average molecular weight is 248 g/mol. The Morgan fingerprint density at radius 1 is 1.33 bits per heavy atom. The molecular formula is C15H20O3. The van der Waals surface area contributed by atoms with Gasteiger partial charge in [-0.2, -0.15) is 0 Å². The first kappa shape index (κ1) is 14.3. The van der Waals surface area contributed by atoms with E-state index in [2.05, 4.69) is 6.92 Å². The van der Waals surface area contributed by atoms with Crippen LogP contribution in [0.3, 0.4) is 0 Å². The summed E-state index contributed by atoms with van der Waals surface area (Å²) in [6, 6.07) is 7.62. The number of ether oxygens (including phenoxy) is 2. The molecule has 0 aromatic heterocycles. The third-order valence-corrected chi connectivity index (χ3v) is 2.13. The molecule has 0 amide bonds. The molecule has 18 heavy (non-hydrogen) atoms. The highest BCUT2D eigenvalue weighted by atomic mass is 16.5. The first-order valence-electron chi connectivity index (χ1n) is 6.24. The van der Waals surface area contributed by atoms with Crippen molar-refractivity contribution < 1.29 is 14.3 Å². The predicted octanol–water partition coefficient (Wildman–Crippen LogP) is 3.44. The number of rotatable bonds is 6. The van der Waals surface area contributed by atoms with Crippen molar-refractivity contribution in [1.29, 1.82) is 0 Å². The van der Waals surface area contributed by atoms with E-state index < -0.39 is 0 Å². The summed E-state index contributed by atoms with van der Waals surface area (Å²) in [6.07, 6.45) is 3.99. The number of hydrogen-bond acceptors (Lipinski definition) is 3. The molecule has 0 fully saturated rings. The van der Waals surface area contributed by atoms with E-state index in [1.54, 1.807) is 6.08 Å². The number of benzene rings is 1. The second-order valence-electron chi connectivity index (χ2n) is 4.21. The fraction of sp³-hybridized carbons (Fsp3) is 0.400. The molecule has 0 aliphatic carbocycles. The van der Waals surface area contributed by atoms with E-state index in [4.69, 9.17) is 9.47 Å². The molecule has 1 rings (SSSR count). The lowest BCUT2D eigenvalue weighted by Gasteiger charge is -2.08. The van der Waals surface area contributed by atoms with Crippen LogP contribution in [0.15, 0.2) is 30.3 Å². The van der Waals surface area contributed by atoms with Crippen molar-refractivity contribution >= 4 is 12.0 Å². The van der Waals surface area contributed by atoms with Gasteiger partial charge in [-0.05, 0) is 32.4 Å². The zero-order valence-electron chi connectivity index (χ0n) is 11.2. The lowest BCUT2D eigenvalue weighted by molar-refractivity contribution is -0.141. The van der Waals surface area contributed by atoms with Gasteiger partial charge >= 0.3 is 5.97 Å². The maximum absolute atomic E-state index is 11.4. The largest absolute Gasteiger partial charge is 0.493 e. The first-order chi connectivity index (χ1) is 8.63. The number of esters is 1. The molecule has 3 nitrogen and oxygen atoms in total. The number of hydrogen-bond donors (Lipinski definition) is 0. The first-order valence-corrected chi connectivity index (χ1v) is 6.24. The summed E-state index contributed by atoms with van der Waals surface area (Å²) in [5, 5.41) is 0. The van der Waals surface area contributed by atoms with Crippen LogP contribution in [0, 0.1) is 0 Å². The van der Waals surface area contributed by atoms with Crippen LogP contribution < -0.4 is 4.74 Å². The molecule has 0 unspecified atom stereocenters. The van der Waals surface area contributed by atoms with Crippen LogP contribution in [0.4, 0.5) is 0 Å². The maximum Gasteiger partial charge on any atom is 0.331 e. The van der Waals surface area contributed by atoms with Gasteiger partial charge in [0.05, 0.1) is 12.7 Å². The van der Waals surface area contributed by atoms with Gasteiger partial charge in [0.25, 0.3) is 0 Å². The molecule has 0 heterocycles. The van der Waals surface area contributed by atoms with E-state index in [1.165, 1.54) is 6.08 Å². The third-order valence-electron chi connectivity index (χ3n) is 2.13. The molecule has 0 aliphatic rings. The highest BCUT2D eigenvalue weighted by Gasteiger charge is 2.02. The van der Waals surface area contributed by atoms with E-state index in [0.717, 1.165) is 17.7 Å². The van der Waals surface area contributed by atoms with Crippen LogP contribution >= 0.6 is 0 Å². The smallest absolute Gasteiger partial charge is 0.331 e. The Kier molecular flexibility index (Phi) is 5.98. The van der Waals surface area contributed by atoms with Crippen molar-refractivity contribution in [1.82, 2.24) is 0 Å². The van der Waals surface area contributed by atoms with Gasteiger partial charge in [-0.3, -0.25) is 0 Å². The molecule has 0 saturated heterocycles. The van der Waals surface area contributed by atoms with E-state index in [0.29, 0.717) is 6.61 Å². The normalized spacial score (nSPS) is 10.9. The summed E-state index contributed by atoms with van der Waals surface area (Å²) in [6.45, 7) is 6.37. The van der Waals surface area contributed by atoms with Crippen LogP contribution in [0.2, 0.25) is 0 Å². The van der Waals surface area contributed by atoms with E-state index in [-0.39, 0.29) is 12.1 Å². The summed E-state index contributed by atoms with van der Waals surface area (Å²) in [5.41, 5.74) is 0.881. The Morgan fingerprint density at radius 3 is 2.72 bits per heavy atom. The fourth-order valence-electron chi connectivity index (χ4n) is 1.39. The molecule has 98 valence electrons. The van der Waals surface area contributed by atoms with Crippen molar-refractivity contribution in [3.8, 4) is 5.75 Å². The van der Waals surface area contributed by atoms with E-state index in [1.807, 2.05) is 38.1 Å². The summed E-state index contributed by atoms with van der Waals surface area (Å²) < 4.78 is 10.6. The Hall–Kier alpha value is -1.77. The van der Waals surface area contributed by atoms with Crippen molar-refractivity contribution in [3.63, 3.8) is 0 Å². The van der Waals surface area contributed by atoms with Crippen molar-refractivity contribution in [3.05, 3.63) is 35.9 Å². The van der Waals surface area contributed by atoms with Gasteiger partial charge in [0.2, 0.25) is 0 Å². The van der Waals surface area contributed by atoms with Gasteiger partial charge in [-0.15, -0.1) is 0 Å². The minimum atomic E-state index is -0.338. The topological polar surface area (TPSA) is 35.5 Å². The highest BCUT2D eigenvalue weighted by Crippen LogP contribution is 2.19. The summed E-state index contributed by atoms with van der Waals surface area (Å²) in [7, 11) is 0. The lowest BCUT2D eigenvalue weighted by atomic mass is 10.2. The van der Waals surface area contributed by atoms with Gasteiger partial charge in [-0.1, -0.05) is 25.1 Å². The molecule has 1 aromatic carbocycles. The summed E-state index contributed by atoms with van der Waals surface area (Å²) >= 11 is 0. The van der Waals surface area contributed by atoms with E-state index in [9.17, 15) is 4.79 Å². The molecule has 0 bridgehead atoms. The minimum Gasteiger partial charge on any atom is -0.493 e. The third kappa shape index (κ3) is 5.04. The van der Waals surface area contributed by atoms with Gasteiger partial charge < -0.3 is 9.47 Å². The molecule has 0 atom stereocenters. The second kappa shape index (κ2) is 7.54. The summed E-state index contributed by atoms with van der Waals surface area (Å²) in [5.74, 6) is 0.447. The monoisotopic (exact) mass is 248 g/mol. The van der Waals surface area contributed by atoms with Crippen LogP contribution in [-0.2, 0) is 9.53 Å². The average Bonchev–Trinajstić information content (AvgIpc) is 2.34. The zero-order chi connectivity index (χ0) is 13.4. The SMILES string of the molecule is CCCOc1ccccc1/C=C/C(=O)OC(C)C. The number of carbonyl (C=O) groups excluding carboxylic acids is 1. The Bertz CT molecular complexity index is 408. The zero-order valence-corrected chi connectivity index (χ0v) is 11.2. The number of para-hydroxylation sites is 1. The molecule has 1 aromatic rings. The van der Waals surface area contributed by atoms with Gasteiger partial charge in [0.15, 0.2) is 0 Å². The van der Waals surface area contributed by atoms with Crippen LogP contribution in [-0.4, -0.2) is 18.7 Å². The summed E-state index contributed by atoms with van der Waals surface area (Å²) in [4.78, 5) is 11.4. The molecule has 3 heteroatoms. The van der Waals surface area contributed by atoms with Crippen LogP contribution in [0.1, 0.15) is 32.8 Å². The van der Waals surface area contributed by atoms with Crippen LogP contribution in [0.25, 0.3) is 6.08 Å².